The number of hydrogen-bond acceptors (Lipinski definition) is 9. The molecule has 1 rings (SSSR count). The maximum absolute atomic E-state index is 12.6. The van der Waals surface area contributed by atoms with Gasteiger partial charge in [0.15, 0.2) is 6.10 Å². The van der Waals surface area contributed by atoms with E-state index in [9.17, 15) is 19.0 Å². The summed E-state index contributed by atoms with van der Waals surface area (Å²) in [6.45, 7) is 4.11. The predicted molar refractivity (Wildman–Crippen MR) is 203 cm³/mol. The highest BCUT2D eigenvalue weighted by Gasteiger charge is 2.36. The van der Waals surface area contributed by atoms with Gasteiger partial charge in [-0.25, -0.2) is 0 Å². The fraction of sp³-hybridized carbons (Fsp3) is 0.850. The van der Waals surface area contributed by atoms with E-state index >= 15 is 0 Å². The zero-order chi connectivity index (χ0) is 37.6. The summed E-state index contributed by atoms with van der Waals surface area (Å²) in [5.41, 5.74) is 0. The summed E-state index contributed by atoms with van der Waals surface area (Å²) < 4.78 is 39.5. The van der Waals surface area contributed by atoms with E-state index in [2.05, 4.69) is 38.2 Å². The molecule has 0 aromatic carbocycles. The fourth-order valence-electron chi connectivity index (χ4n) is 5.52. The van der Waals surface area contributed by atoms with E-state index in [0.717, 1.165) is 77.0 Å². The van der Waals surface area contributed by atoms with Gasteiger partial charge >= 0.3 is 11.9 Å². The minimum Gasteiger partial charge on any atom is -0.756 e. The molecule has 0 aromatic heterocycles. The van der Waals surface area contributed by atoms with Crippen LogP contribution < -0.4 is 4.89 Å². The number of ether oxygens (including phenoxy) is 3. The fourth-order valence-corrected chi connectivity index (χ4v) is 6.25. The van der Waals surface area contributed by atoms with Crippen molar-refractivity contribution in [3.05, 3.63) is 24.3 Å². The molecule has 0 spiro atoms. The number of epoxide rings is 1. The Morgan fingerprint density at radius 2 is 1.27 bits per heavy atom. The van der Waals surface area contributed by atoms with Crippen molar-refractivity contribution in [2.75, 3.05) is 47.5 Å². The summed E-state index contributed by atoms with van der Waals surface area (Å²) in [7, 11) is 1.14. The molecule has 1 saturated heterocycles. The minimum absolute atomic E-state index is 0.0370. The highest BCUT2D eigenvalue weighted by atomic mass is 31.2. The smallest absolute Gasteiger partial charge is 0.306 e. The third-order valence-corrected chi connectivity index (χ3v) is 9.83. The van der Waals surface area contributed by atoms with Crippen LogP contribution >= 0.6 is 7.82 Å². The van der Waals surface area contributed by atoms with E-state index in [0.29, 0.717) is 36.1 Å². The quantitative estimate of drug-likeness (QED) is 0.0156. The van der Waals surface area contributed by atoms with Crippen molar-refractivity contribution in [3.8, 4) is 0 Å². The number of carbonyl (C=O) groups excluding carboxylic acids is 2. The molecule has 0 aromatic rings. The molecule has 0 saturated carbocycles. The third kappa shape index (κ3) is 30.6. The number of likely N-dealkylation sites (N-methyl/N-ethyl adjacent to an activating group) is 1. The normalized spacial score (nSPS) is 17.9. The summed E-state index contributed by atoms with van der Waals surface area (Å²) in [4.78, 5) is 37.4. The maximum Gasteiger partial charge on any atom is 0.306 e. The van der Waals surface area contributed by atoms with E-state index in [1.54, 1.807) is 0 Å². The van der Waals surface area contributed by atoms with Gasteiger partial charge in [0.1, 0.15) is 19.8 Å². The molecule has 1 heterocycles. The highest BCUT2D eigenvalue weighted by Crippen LogP contribution is 2.38. The summed E-state index contributed by atoms with van der Waals surface area (Å²) in [5.74, 6) is -0.869. The van der Waals surface area contributed by atoms with Crippen molar-refractivity contribution in [2.45, 2.75) is 173 Å². The Bertz CT molecular complexity index is 997. The monoisotopic (exact) mass is 744 g/mol. The number of phosphoric acid groups is 1. The summed E-state index contributed by atoms with van der Waals surface area (Å²) in [6.07, 6.45) is 30.9. The molecule has 0 bridgehead atoms. The van der Waals surface area contributed by atoms with Crippen LogP contribution in [0, 0.1) is 0 Å². The Morgan fingerprint density at radius 3 is 1.90 bits per heavy atom. The molecular weight excluding hydrogens is 669 g/mol. The summed E-state index contributed by atoms with van der Waals surface area (Å²) in [6, 6.07) is 0. The van der Waals surface area contributed by atoms with Crippen LogP contribution in [0.5, 0.6) is 0 Å². The van der Waals surface area contributed by atoms with Gasteiger partial charge in [0, 0.05) is 12.8 Å². The minimum atomic E-state index is -4.63. The number of allylic oxidation sites excluding steroid dienone is 3. The number of quaternary nitrogens is 1. The molecule has 4 atom stereocenters. The van der Waals surface area contributed by atoms with Crippen LogP contribution in [0.3, 0.4) is 0 Å². The lowest BCUT2D eigenvalue weighted by atomic mass is 10.1. The molecular formula is C40H74NO9P. The van der Waals surface area contributed by atoms with Crippen molar-refractivity contribution in [1.29, 1.82) is 0 Å². The van der Waals surface area contributed by atoms with Gasteiger partial charge in [-0.1, -0.05) is 109 Å². The highest BCUT2D eigenvalue weighted by molar-refractivity contribution is 7.45. The predicted octanol–water partition coefficient (Wildman–Crippen LogP) is 9.15. The lowest BCUT2D eigenvalue weighted by Crippen LogP contribution is -2.37. The van der Waals surface area contributed by atoms with Gasteiger partial charge in [-0.2, -0.15) is 0 Å². The third-order valence-electron chi connectivity index (χ3n) is 8.87. The second-order valence-corrected chi connectivity index (χ2v) is 16.4. The summed E-state index contributed by atoms with van der Waals surface area (Å²) in [5, 5.41) is 0. The van der Waals surface area contributed by atoms with Crippen LogP contribution in [0.1, 0.15) is 155 Å². The Labute approximate surface area is 311 Å². The Kier molecular flexibility index (Phi) is 27.8. The Balaban J connectivity index is 2.32. The van der Waals surface area contributed by atoms with Gasteiger partial charge in [0.25, 0.3) is 7.82 Å². The zero-order valence-electron chi connectivity index (χ0n) is 33.0. The number of phosphoric ester groups is 1. The Hall–Kier alpha value is -1.55. The molecule has 0 amide bonds. The van der Waals surface area contributed by atoms with Crippen molar-refractivity contribution >= 4 is 19.8 Å². The number of unbranched alkanes of at least 4 members (excludes halogenated alkanes) is 14. The molecule has 1 aliphatic rings. The van der Waals surface area contributed by atoms with E-state index in [-0.39, 0.29) is 26.1 Å². The first-order valence-electron chi connectivity index (χ1n) is 20.2. The second kappa shape index (κ2) is 29.9. The molecule has 51 heavy (non-hydrogen) atoms. The number of nitrogens with zero attached hydrogens (tertiary/aromatic N) is 1. The number of rotatable bonds is 35. The number of esters is 2. The largest absolute Gasteiger partial charge is 0.756 e. The lowest BCUT2D eigenvalue weighted by Gasteiger charge is -2.28. The molecule has 0 radical (unpaired) electrons. The van der Waals surface area contributed by atoms with Crippen molar-refractivity contribution in [1.82, 2.24) is 0 Å². The standard InChI is InChI=1S/C40H74NO9P/c1-6-8-10-11-12-13-14-15-19-22-26-30-39(42)46-34-36(35-48-51(44,45)47-33-32-41(3,4)5)49-40(43)31-27-23-20-17-16-18-21-25-29-38-37(50-38)28-24-9-7-2/h11-12,21,25,36-38H,6-10,13-20,22-24,26-35H2,1-5H3/b12-11-,25-21-/t36-,37?,38?/m1/s1. The van der Waals surface area contributed by atoms with Gasteiger partial charge in [0.2, 0.25) is 0 Å². The van der Waals surface area contributed by atoms with Crippen LogP contribution in [-0.2, 0) is 37.4 Å². The van der Waals surface area contributed by atoms with Crippen molar-refractivity contribution in [2.24, 2.45) is 0 Å². The van der Waals surface area contributed by atoms with Crippen LogP contribution in [0.15, 0.2) is 24.3 Å². The number of hydrogen-bond donors (Lipinski definition) is 0. The molecule has 298 valence electrons. The van der Waals surface area contributed by atoms with Crippen LogP contribution in [0.4, 0.5) is 0 Å². The van der Waals surface area contributed by atoms with Crippen molar-refractivity contribution in [3.63, 3.8) is 0 Å². The molecule has 0 N–H and O–H groups in total. The molecule has 0 aliphatic carbocycles. The first kappa shape index (κ1) is 47.5. The first-order valence-corrected chi connectivity index (χ1v) is 21.6. The van der Waals surface area contributed by atoms with Gasteiger partial charge in [-0.15, -0.1) is 0 Å². The van der Waals surface area contributed by atoms with E-state index in [4.69, 9.17) is 23.3 Å². The maximum atomic E-state index is 12.6. The molecule has 1 fully saturated rings. The first-order chi connectivity index (χ1) is 24.5. The van der Waals surface area contributed by atoms with E-state index in [1.807, 2.05) is 21.1 Å². The molecule has 3 unspecified atom stereocenters. The van der Waals surface area contributed by atoms with Crippen LogP contribution in [0.25, 0.3) is 0 Å². The Morgan fingerprint density at radius 1 is 0.706 bits per heavy atom. The van der Waals surface area contributed by atoms with Crippen LogP contribution in [-0.4, -0.2) is 82.2 Å². The van der Waals surface area contributed by atoms with Gasteiger partial charge in [-0.3, -0.25) is 14.2 Å². The SMILES string of the molecule is CCCC/C=C\CCCCCCCC(=O)OC[C@H](COP(=O)([O-])OCC[N+](C)(C)C)OC(=O)CCCCCCC/C=C\CC1OC1CCCCC. The topological polar surface area (TPSA) is 124 Å². The average Bonchev–Trinajstić information content (AvgIpc) is 3.82. The van der Waals surface area contributed by atoms with Gasteiger partial charge in [0.05, 0.1) is 40.0 Å². The van der Waals surface area contributed by atoms with Crippen molar-refractivity contribution < 1.29 is 46.8 Å². The molecule has 10 nitrogen and oxygen atoms in total. The molecule has 11 heteroatoms. The molecule has 1 aliphatic heterocycles. The average molecular weight is 744 g/mol. The van der Waals surface area contributed by atoms with Gasteiger partial charge < -0.3 is 32.6 Å². The second-order valence-electron chi connectivity index (χ2n) is 15.0. The van der Waals surface area contributed by atoms with Gasteiger partial charge in [-0.05, 0) is 57.8 Å². The lowest BCUT2D eigenvalue weighted by molar-refractivity contribution is -0.870. The van der Waals surface area contributed by atoms with Crippen LogP contribution in [0.2, 0.25) is 0 Å². The zero-order valence-corrected chi connectivity index (χ0v) is 33.9. The number of carbonyl (C=O) groups is 2. The van der Waals surface area contributed by atoms with E-state index < -0.39 is 32.5 Å². The van der Waals surface area contributed by atoms with E-state index in [1.165, 1.54) is 38.5 Å². The summed E-state index contributed by atoms with van der Waals surface area (Å²) >= 11 is 0.